The molecule has 1 fully saturated rings. The fourth-order valence-electron chi connectivity index (χ4n) is 9.10. The minimum Gasteiger partial charge on any atom is -0.507 e. The quantitative estimate of drug-likeness (QED) is 0.0273. The van der Waals surface area contributed by atoms with Crippen LogP contribution in [0.25, 0.3) is 22.3 Å². The number of hydrazine groups is 1. The van der Waals surface area contributed by atoms with Gasteiger partial charge in [0.25, 0.3) is 5.91 Å². The number of nitrogens with zero attached hydrogens (tertiary/aromatic N) is 2. The predicted octanol–water partition coefficient (Wildman–Crippen LogP) is 5.82. The summed E-state index contributed by atoms with van der Waals surface area (Å²) in [6, 6.07) is 20.0. The SMILES string of the molecule is C[C@@H]1CC(=O)[C@@H](N(C)C(=O)[C@H](CCCCN)CC(=O)c2ccc(-c3ccc(Cl)cc3)cc2)c2ccc(O)c(c2)-c2cc(ccc2O)C[C@@H](C(=O)C[C@@H](C)C(=O)N2CCC[C@H]2C(=O)NN)NC1=O. The number of phenolic OH excluding ortho intramolecular Hbond substituents is 2. The van der Waals surface area contributed by atoms with Crippen LogP contribution < -0.4 is 22.3 Å². The van der Waals surface area contributed by atoms with Gasteiger partial charge in [-0.1, -0.05) is 80.4 Å². The molecule has 354 valence electrons. The van der Waals surface area contributed by atoms with Crippen LogP contribution in [0.3, 0.4) is 0 Å². The molecule has 8 N–H and O–H groups in total. The molecule has 4 amide bonds. The zero-order valence-corrected chi connectivity index (χ0v) is 38.8. The van der Waals surface area contributed by atoms with Gasteiger partial charge >= 0.3 is 0 Å². The van der Waals surface area contributed by atoms with Crippen molar-refractivity contribution in [2.45, 2.75) is 89.8 Å². The summed E-state index contributed by atoms with van der Waals surface area (Å²) >= 11 is 6.07. The molecule has 1 saturated heterocycles. The van der Waals surface area contributed by atoms with Gasteiger partial charge in [-0.15, -0.1) is 0 Å². The number of carbonyl (C=O) groups excluding carboxylic acids is 7. The first-order chi connectivity index (χ1) is 32.0. The van der Waals surface area contributed by atoms with Crippen LogP contribution in [0.2, 0.25) is 5.02 Å². The number of halogens is 1. The van der Waals surface area contributed by atoms with Gasteiger partial charge in [0, 0.05) is 72.3 Å². The maximum atomic E-state index is 14.7. The van der Waals surface area contributed by atoms with Crippen molar-refractivity contribution in [3.8, 4) is 33.8 Å². The first-order valence-corrected chi connectivity index (χ1v) is 23.1. The number of likely N-dealkylation sites (N-methyl/N-ethyl adjacent to an activating group) is 1. The number of fused-ring (bicyclic) bond motifs is 5. The van der Waals surface area contributed by atoms with Crippen LogP contribution >= 0.6 is 11.6 Å². The van der Waals surface area contributed by atoms with E-state index >= 15 is 0 Å². The summed E-state index contributed by atoms with van der Waals surface area (Å²) in [5.41, 5.74) is 11.2. The number of rotatable bonds is 15. The Morgan fingerprint density at radius 2 is 1.52 bits per heavy atom. The highest BCUT2D eigenvalue weighted by Gasteiger charge is 2.39. The van der Waals surface area contributed by atoms with Gasteiger partial charge in [0.1, 0.15) is 23.6 Å². The van der Waals surface area contributed by atoms with Crippen LogP contribution in [0.5, 0.6) is 11.5 Å². The molecule has 2 aliphatic heterocycles. The van der Waals surface area contributed by atoms with E-state index in [2.05, 4.69) is 10.7 Å². The molecule has 4 aromatic rings. The number of hydrogen-bond donors (Lipinski definition) is 6. The number of hydrogen-bond acceptors (Lipinski definition) is 11. The molecule has 0 saturated carbocycles. The lowest BCUT2D eigenvalue weighted by Crippen LogP contribution is -2.50. The van der Waals surface area contributed by atoms with Crippen LogP contribution in [0.4, 0.5) is 0 Å². The normalized spacial score (nSPS) is 19.4. The van der Waals surface area contributed by atoms with Crippen molar-refractivity contribution in [1.82, 2.24) is 20.5 Å². The van der Waals surface area contributed by atoms with Crippen molar-refractivity contribution in [3.63, 3.8) is 0 Å². The average molecular weight is 936 g/mol. The Labute approximate surface area is 395 Å². The summed E-state index contributed by atoms with van der Waals surface area (Å²) in [6.45, 7) is 3.81. The van der Waals surface area contributed by atoms with E-state index in [4.69, 9.17) is 23.2 Å². The summed E-state index contributed by atoms with van der Waals surface area (Å²) in [7, 11) is 1.47. The Hall–Kier alpha value is -6.42. The minimum atomic E-state index is -1.30. The van der Waals surface area contributed by atoms with E-state index in [0.29, 0.717) is 66.9 Å². The van der Waals surface area contributed by atoms with E-state index in [9.17, 15) is 43.8 Å². The number of aromatic hydroxyl groups is 2. The van der Waals surface area contributed by atoms with Gasteiger partial charge < -0.3 is 31.1 Å². The lowest BCUT2D eigenvalue weighted by molar-refractivity contribution is -0.143. The highest BCUT2D eigenvalue weighted by Crippen LogP contribution is 2.40. The average Bonchev–Trinajstić information content (AvgIpc) is 3.81. The van der Waals surface area contributed by atoms with Gasteiger partial charge in [-0.05, 0) is 97.3 Å². The first-order valence-electron chi connectivity index (χ1n) is 22.7. The third kappa shape index (κ3) is 11.9. The number of phenols is 2. The van der Waals surface area contributed by atoms with Crippen molar-refractivity contribution < 1.29 is 43.8 Å². The molecule has 67 heavy (non-hydrogen) atoms. The Morgan fingerprint density at radius 1 is 0.881 bits per heavy atom. The van der Waals surface area contributed by atoms with E-state index < -0.39 is 71.1 Å². The predicted molar refractivity (Wildman–Crippen MR) is 253 cm³/mol. The zero-order chi connectivity index (χ0) is 48.5. The summed E-state index contributed by atoms with van der Waals surface area (Å²) in [6.07, 6.45) is 1.59. The second-order valence-electron chi connectivity index (χ2n) is 17.8. The van der Waals surface area contributed by atoms with Crippen molar-refractivity contribution in [1.29, 1.82) is 0 Å². The Balaban J connectivity index is 1.29. The highest BCUT2D eigenvalue weighted by molar-refractivity contribution is 6.30. The fourth-order valence-corrected chi connectivity index (χ4v) is 9.23. The van der Waals surface area contributed by atoms with E-state index in [1.54, 1.807) is 43.3 Å². The number of nitrogens with one attached hydrogen (secondary N) is 2. The number of unbranched alkanes of at least 4 members (excludes halogenated alkanes) is 1. The summed E-state index contributed by atoms with van der Waals surface area (Å²) in [5.74, 6) is -1.11. The van der Waals surface area contributed by atoms with Crippen LogP contribution in [-0.2, 0) is 35.2 Å². The van der Waals surface area contributed by atoms with E-state index in [1.165, 1.54) is 48.0 Å². The first kappa shape index (κ1) is 50.0. The molecular weight excluding hydrogens is 876 g/mol. The molecule has 16 heteroatoms. The van der Waals surface area contributed by atoms with Crippen molar-refractivity contribution in [2.75, 3.05) is 20.1 Å². The molecule has 0 aromatic heterocycles. The molecule has 4 bridgehead atoms. The van der Waals surface area contributed by atoms with Crippen LogP contribution in [0.15, 0.2) is 84.9 Å². The second-order valence-corrected chi connectivity index (χ2v) is 18.2. The number of nitrogens with two attached hydrogens (primary N) is 2. The van der Waals surface area contributed by atoms with Crippen LogP contribution in [0, 0.1) is 17.8 Å². The third-order valence-electron chi connectivity index (χ3n) is 12.9. The number of amides is 4. The van der Waals surface area contributed by atoms with E-state index in [1.807, 2.05) is 24.3 Å². The molecule has 6 atom stereocenters. The van der Waals surface area contributed by atoms with Gasteiger partial charge in [-0.2, -0.15) is 0 Å². The van der Waals surface area contributed by atoms with Gasteiger partial charge in [0.15, 0.2) is 17.3 Å². The Bertz CT molecular complexity index is 2500. The fraction of sp³-hybridized carbons (Fsp3) is 0.392. The topological polar surface area (TPSA) is 243 Å². The number of ketones is 3. The van der Waals surface area contributed by atoms with Crippen molar-refractivity contribution in [2.24, 2.45) is 29.3 Å². The van der Waals surface area contributed by atoms with Crippen LogP contribution in [0.1, 0.15) is 92.7 Å². The molecule has 0 aliphatic carbocycles. The largest absolute Gasteiger partial charge is 0.507 e. The molecule has 6 rings (SSSR count). The maximum Gasteiger partial charge on any atom is 0.256 e. The lowest BCUT2D eigenvalue weighted by atomic mass is 9.87. The van der Waals surface area contributed by atoms with Crippen molar-refractivity contribution >= 4 is 52.6 Å². The molecule has 2 heterocycles. The van der Waals surface area contributed by atoms with Gasteiger partial charge in [0.05, 0.1) is 6.04 Å². The summed E-state index contributed by atoms with van der Waals surface area (Å²) in [5, 5.41) is 25.8. The smallest absolute Gasteiger partial charge is 0.256 e. The summed E-state index contributed by atoms with van der Waals surface area (Å²) in [4.78, 5) is 100. The molecule has 0 radical (unpaired) electrons. The van der Waals surface area contributed by atoms with Gasteiger partial charge in [0.2, 0.25) is 17.7 Å². The Kier molecular flexibility index (Phi) is 16.7. The highest BCUT2D eigenvalue weighted by atomic mass is 35.5. The molecule has 4 aromatic carbocycles. The standard InChI is InChI=1S/C51H59ClN6O9/c1-29-23-46(63)47(57(3)51(67)36(7-4-5-21-53)28-44(61)34-12-10-32(11-13-34)33-14-17-37(52)18-15-33)35-16-20-43(60)39(27-35)38-25-31(9-19-42(38)59)26-40(55-48(29)64)45(62)24-30(2)50(66)58-22-6-8-41(58)49(65)56-54/h9-20,25,27,29-30,36,40-41,47,59-60H,4-8,21-24,26,28,53-54H2,1-3H3,(H,55,64)(H,56,65)/t29-,30-,36-,40+,41+,47+/m1/s1. The van der Waals surface area contributed by atoms with Gasteiger partial charge in [-0.3, -0.25) is 39.0 Å². The minimum absolute atomic E-state index is 0.0571. The maximum absolute atomic E-state index is 14.7. The molecular formula is C51H59ClN6O9. The lowest BCUT2D eigenvalue weighted by Gasteiger charge is -2.32. The second kappa shape index (κ2) is 22.4. The molecule has 15 nitrogen and oxygen atoms in total. The number of carbonyl (C=O) groups is 7. The van der Waals surface area contributed by atoms with Crippen LogP contribution in [-0.4, -0.2) is 93.2 Å². The monoisotopic (exact) mass is 934 g/mol. The van der Waals surface area contributed by atoms with Gasteiger partial charge in [-0.25, -0.2) is 5.84 Å². The molecule has 0 spiro atoms. The summed E-state index contributed by atoms with van der Waals surface area (Å²) < 4.78 is 0. The third-order valence-corrected chi connectivity index (χ3v) is 13.2. The number of benzene rings is 4. The van der Waals surface area contributed by atoms with E-state index in [0.717, 1.165) is 11.1 Å². The molecule has 0 unspecified atom stereocenters. The Morgan fingerprint density at radius 3 is 2.18 bits per heavy atom. The molecule has 2 aliphatic rings. The van der Waals surface area contributed by atoms with E-state index in [-0.39, 0.29) is 54.1 Å². The van der Waals surface area contributed by atoms with Crippen molar-refractivity contribution in [3.05, 3.63) is 107 Å². The zero-order valence-electron chi connectivity index (χ0n) is 38.0. The number of likely N-dealkylation sites (tertiary alicyclic amines) is 1. The number of Topliss-reactive ketones (excluding diaryl/α,β-unsaturated/α-hetero) is 3.